The number of hydrogen-bond acceptors (Lipinski definition) is 5. The lowest BCUT2D eigenvalue weighted by atomic mass is 10.2. The van der Waals surface area contributed by atoms with Crippen LogP contribution < -0.4 is 10.5 Å². The molecule has 0 saturated heterocycles. The summed E-state index contributed by atoms with van der Waals surface area (Å²) in [5.74, 6) is 0.586. The first kappa shape index (κ1) is 15.0. The molecule has 2 N–H and O–H groups in total. The molecule has 98 valence electrons. The van der Waals surface area contributed by atoms with Gasteiger partial charge in [-0.05, 0) is 41.1 Å². The van der Waals surface area contributed by atoms with Gasteiger partial charge in [0.25, 0.3) is 0 Å². The second kappa shape index (κ2) is 6.24. The Kier molecular flexibility index (Phi) is 5.22. The van der Waals surface area contributed by atoms with Gasteiger partial charge in [-0.15, -0.1) is 0 Å². The number of benzene rings is 1. The first-order valence-electron chi connectivity index (χ1n) is 5.13. The maximum Gasteiger partial charge on any atom is 0.155 e. The summed E-state index contributed by atoms with van der Waals surface area (Å²) in [6, 6.07) is 5.21. The normalized spacial score (nSPS) is 10.9. The van der Waals surface area contributed by atoms with E-state index in [1.54, 1.807) is 6.07 Å². The topological polar surface area (TPSA) is 93.2 Å². The number of rotatable bonds is 5. The number of nitriles is 1. The first-order chi connectivity index (χ1) is 8.33. The molecule has 0 spiro atoms. The van der Waals surface area contributed by atoms with Gasteiger partial charge < -0.3 is 10.5 Å². The van der Waals surface area contributed by atoms with Crippen molar-refractivity contribution in [3.8, 4) is 11.8 Å². The fourth-order valence-corrected chi connectivity index (χ4v) is 2.77. The van der Waals surface area contributed by atoms with Gasteiger partial charge in [0, 0.05) is 6.26 Å². The van der Waals surface area contributed by atoms with E-state index < -0.39 is 9.84 Å². The van der Waals surface area contributed by atoms with Crippen molar-refractivity contribution in [2.75, 3.05) is 24.3 Å². The number of nitrogens with zero attached hydrogens (tertiary/aromatic N) is 1. The van der Waals surface area contributed by atoms with Gasteiger partial charge in [0.15, 0.2) is 5.75 Å². The molecule has 0 aliphatic carbocycles. The molecule has 1 aromatic rings. The highest BCUT2D eigenvalue weighted by Gasteiger charge is 2.09. The van der Waals surface area contributed by atoms with Gasteiger partial charge in [0.05, 0.1) is 33.2 Å². The van der Waals surface area contributed by atoms with Crippen molar-refractivity contribution >= 4 is 38.1 Å². The zero-order valence-corrected chi connectivity index (χ0v) is 12.8. The average molecular weight is 380 g/mol. The van der Waals surface area contributed by atoms with Gasteiger partial charge in [-0.3, -0.25) is 0 Å². The van der Waals surface area contributed by atoms with E-state index in [2.05, 4.69) is 0 Å². The highest BCUT2D eigenvalue weighted by atomic mass is 127. The summed E-state index contributed by atoms with van der Waals surface area (Å²) in [4.78, 5) is 0. The Labute approximate surface area is 120 Å². The van der Waals surface area contributed by atoms with Crippen LogP contribution in [0.15, 0.2) is 12.1 Å². The summed E-state index contributed by atoms with van der Waals surface area (Å²) >= 11 is 2.03. The number of hydrogen-bond donors (Lipinski definition) is 1. The largest absolute Gasteiger partial charge is 0.490 e. The lowest BCUT2D eigenvalue weighted by molar-refractivity contribution is 0.317. The number of sulfone groups is 1. The predicted molar refractivity (Wildman–Crippen MR) is 78.1 cm³/mol. The minimum atomic E-state index is -2.97. The van der Waals surface area contributed by atoms with Crippen molar-refractivity contribution < 1.29 is 13.2 Å². The Balaban J connectivity index is 2.66. The predicted octanol–water partition coefficient (Wildman–Crippen LogP) is 1.56. The zero-order valence-electron chi connectivity index (χ0n) is 9.81. The first-order valence-corrected chi connectivity index (χ1v) is 8.27. The van der Waals surface area contributed by atoms with Gasteiger partial charge >= 0.3 is 0 Å². The van der Waals surface area contributed by atoms with Crippen LogP contribution in [0, 0.1) is 14.9 Å². The molecule has 7 heteroatoms. The summed E-state index contributed by atoms with van der Waals surface area (Å²) in [6.07, 6.45) is 1.60. The van der Waals surface area contributed by atoms with E-state index in [-0.39, 0.29) is 12.4 Å². The van der Waals surface area contributed by atoms with Crippen molar-refractivity contribution in [2.24, 2.45) is 0 Å². The van der Waals surface area contributed by atoms with Crippen molar-refractivity contribution in [1.29, 1.82) is 5.26 Å². The summed E-state index contributed by atoms with van der Waals surface area (Å²) in [6.45, 7) is 0.277. The molecule has 0 fully saturated rings. The molecule has 18 heavy (non-hydrogen) atoms. The van der Waals surface area contributed by atoms with Crippen LogP contribution in [0.2, 0.25) is 0 Å². The Morgan fingerprint density at radius 2 is 2.17 bits per heavy atom. The highest BCUT2D eigenvalue weighted by Crippen LogP contribution is 2.29. The Hall–Kier alpha value is -1.01. The molecule has 0 aliphatic heterocycles. The molecule has 0 saturated carbocycles. The molecule has 1 rings (SSSR count). The van der Waals surface area contributed by atoms with Crippen LogP contribution in [-0.4, -0.2) is 27.0 Å². The molecule has 0 radical (unpaired) electrons. The second-order valence-corrected chi connectivity index (χ2v) is 7.24. The van der Waals surface area contributed by atoms with Crippen molar-refractivity contribution in [1.82, 2.24) is 0 Å². The van der Waals surface area contributed by atoms with E-state index in [1.165, 1.54) is 12.3 Å². The molecule has 0 unspecified atom stereocenters. The van der Waals surface area contributed by atoms with Crippen LogP contribution in [0.4, 0.5) is 5.69 Å². The van der Waals surface area contributed by atoms with Gasteiger partial charge in [0.2, 0.25) is 0 Å². The molecule has 0 heterocycles. The Morgan fingerprint density at radius 1 is 1.50 bits per heavy atom. The van der Waals surface area contributed by atoms with Crippen molar-refractivity contribution in [2.45, 2.75) is 6.42 Å². The molecule has 5 nitrogen and oxygen atoms in total. The van der Waals surface area contributed by atoms with E-state index in [4.69, 9.17) is 15.7 Å². The van der Waals surface area contributed by atoms with Crippen LogP contribution >= 0.6 is 22.6 Å². The molecule has 0 aromatic heterocycles. The minimum absolute atomic E-state index is 0.0831. The van der Waals surface area contributed by atoms with Crippen molar-refractivity contribution in [3.63, 3.8) is 0 Å². The summed E-state index contributed by atoms with van der Waals surface area (Å²) in [5.41, 5.74) is 6.63. The van der Waals surface area contributed by atoms with Gasteiger partial charge in [0.1, 0.15) is 9.84 Å². The van der Waals surface area contributed by atoms with Gasteiger partial charge in [-0.1, -0.05) is 0 Å². The fourth-order valence-electron chi connectivity index (χ4n) is 1.33. The van der Waals surface area contributed by atoms with Crippen molar-refractivity contribution in [3.05, 3.63) is 21.3 Å². The van der Waals surface area contributed by atoms with Crippen LogP contribution in [0.5, 0.6) is 5.75 Å². The highest BCUT2D eigenvalue weighted by molar-refractivity contribution is 14.1. The molecular formula is C11H13IN2O3S. The summed E-state index contributed by atoms with van der Waals surface area (Å²) < 4.78 is 28.1. The number of nitrogen functional groups attached to an aromatic ring is 1. The van der Waals surface area contributed by atoms with Gasteiger partial charge in [-0.25, -0.2) is 8.42 Å². The molecular weight excluding hydrogens is 367 g/mol. The van der Waals surface area contributed by atoms with E-state index in [0.29, 0.717) is 23.4 Å². The zero-order chi connectivity index (χ0) is 13.8. The number of halogens is 1. The third-order valence-electron chi connectivity index (χ3n) is 2.11. The molecule has 1 aromatic carbocycles. The molecule has 0 bridgehead atoms. The second-order valence-electron chi connectivity index (χ2n) is 3.82. The maximum absolute atomic E-state index is 10.9. The average Bonchev–Trinajstić information content (AvgIpc) is 2.25. The van der Waals surface area contributed by atoms with E-state index >= 15 is 0 Å². The van der Waals surface area contributed by atoms with Crippen LogP contribution in [0.25, 0.3) is 0 Å². The van der Waals surface area contributed by atoms with E-state index in [0.717, 1.165) is 3.57 Å². The van der Waals surface area contributed by atoms with E-state index in [1.807, 2.05) is 28.7 Å². The lowest BCUT2D eigenvalue weighted by Gasteiger charge is -2.11. The molecule has 0 amide bonds. The number of anilines is 1. The Morgan fingerprint density at radius 3 is 2.67 bits per heavy atom. The lowest BCUT2D eigenvalue weighted by Crippen LogP contribution is -2.09. The number of nitrogens with two attached hydrogens (primary N) is 1. The van der Waals surface area contributed by atoms with Crippen LogP contribution in [0.3, 0.4) is 0 Å². The Bertz CT molecular complexity index is 555. The number of ether oxygens (including phenoxy) is 1. The third kappa shape index (κ3) is 4.70. The van der Waals surface area contributed by atoms with E-state index in [9.17, 15) is 8.42 Å². The van der Waals surface area contributed by atoms with Crippen LogP contribution in [0.1, 0.15) is 12.0 Å². The quantitative estimate of drug-likeness (QED) is 0.476. The third-order valence-corrected chi connectivity index (χ3v) is 3.94. The van der Waals surface area contributed by atoms with Gasteiger partial charge in [-0.2, -0.15) is 5.26 Å². The molecule has 0 aliphatic rings. The standard InChI is InChI=1S/C11H13IN2O3S/c1-18(15,16)4-2-3-17-11-9(12)5-8(7-13)6-10(11)14/h5-6H,2-4,14H2,1H3. The summed E-state index contributed by atoms with van der Waals surface area (Å²) in [5, 5.41) is 8.76. The molecule has 0 atom stereocenters. The van der Waals surface area contributed by atoms with Crippen LogP contribution in [-0.2, 0) is 9.84 Å². The summed E-state index contributed by atoms with van der Waals surface area (Å²) in [7, 11) is -2.97. The maximum atomic E-state index is 10.9. The smallest absolute Gasteiger partial charge is 0.155 e. The minimum Gasteiger partial charge on any atom is -0.490 e. The monoisotopic (exact) mass is 380 g/mol. The SMILES string of the molecule is CS(=O)(=O)CCCOc1c(N)cc(C#N)cc1I. The fraction of sp³-hybridized carbons (Fsp3) is 0.364.